The van der Waals surface area contributed by atoms with E-state index in [1.54, 1.807) is 23.5 Å². The van der Waals surface area contributed by atoms with Crippen LogP contribution in [0.25, 0.3) is 0 Å². The summed E-state index contributed by atoms with van der Waals surface area (Å²) >= 11 is 0. The smallest absolute Gasteiger partial charge is 0.243 e. The Balaban J connectivity index is 2.01. The molecule has 0 bridgehead atoms. The fraction of sp³-hybridized carbons (Fsp3) is 0.333. The van der Waals surface area contributed by atoms with E-state index in [-0.39, 0.29) is 0 Å². The second-order valence-corrected chi connectivity index (χ2v) is 7.82. The lowest BCUT2D eigenvalue weighted by atomic mass is 10.0. The molecule has 0 aromatic heterocycles. The normalized spacial score (nSPS) is 15.3. The van der Waals surface area contributed by atoms with Gasteiger partial charge in [0.2, 0.25) is 10.0 Å². The number of benzene rings is 2. The molecule has 0 N–H and O–H groups in total. The van der Waals surface area contributed by atoms with Gasteiger partial charge >= 0.3 is 0 Å². The van der Waals surface area contributed by atoms with Crippen LogP contribution in [0, 0.1) is 13.8 Å². The SMILES string of the molecule is COc1cc(C)c(S(=O)(=O)N2CCc3ccccc3C2)c(C)c1. The summed E-state index contributed by atoms with van der Waals surface area (Å²) in [5, 5.41) is 0. The first-order chi connectivity index (χ1) is 10.9. The molecule has 0 saturated carbocycles. The highest BCUT2D eigenvalue weighted by molar-refractivity contribution is 7.89. The topological polar surface area (TPSA) is 46.6 Å². The average Bonchev–Trinajstić information content (AvgIpc) is 2.53. The van der Waals surface area contributed by atoms with Gasteiger partial charge in [-0.3, -0.25) is 0 Å². The third kappa shape index (κ3) is 2.86. The molecule has 0 amide bonds. The Kier molecular flexibility index (Phi) is 4.17. The molecule has 4 nitrogen and oxygen atoms in total. The Morgan fingerprint density at radius 2 is 1.65 bits per heavy atom. The predicted molar refractivity (Wildman–Crippen MR) is 90.2 cm³/mol. The molecule has 1 aliphatic rings. The molecule has 23 heavy (non-hydrogen) atoms. The fourth-order valence-electron chi connectivity index (χ4n) is 3.24. The summed E-state index contributed by atoms with van der Waals surface area (Å²) in [4.78, 5) is 0.401. The summed E-state index contributed by atoms with van der Waals surface area (Å²) < 4.78 is 33.1. The van der Waals surface area contributed by atoms with Crippen molar-refractivity contribution in [1.82, 2.24) is 4.31 Å². The zero-order valence-electron chi connectivity index (χ0n) is 13.7. The van der Waals surface area contributed by atoms with Crippen molar-refractivity contribution in [2.75, 3.05) is 13.7 Å². The first-order valence-electron chi connectivity index (χ1n) is 7.65. The van der Waals surface area contributed by atoms with Crippen LogP contribution in [0.5, 0.6) is 5.75 Å². The molecule has 0 saturated heterocycles. The van der Waals surface area contributed by atoms with Gasteiger partial charge in [0.25, 0.3) is 0 Å². The first-order valence-corrected chi connectivity index (χ1v) is 9.09. The summed E-state index contributed by atoms with van der Waals surface area (Å²) in [5.74, 6) is 0.683. The third-order valence-electron chi connectivity index (χ3n) is 4.36. The standard InChI is InChI=1S/C18H21NO3S/c1-13-10-17(22-3)11-14(2)18(13)23(20,21)19-9-8-15-6-4-5-7-16(15)12-19/h4-7,10-11H,8-9,12H2,1-3H3. The summed E-state index contributed by atoms with van der Waals surface area (Å²) in [7, 11) is -1.93. The van der Waals surface area contributed by atoms with Gasteiger partial charge in [0, 0.05) is 13.1 Å². The average molecular weight is 331 g/mol. The molecule has 0 spiro atoms. The van der Waals surface area contributed by atoms with Crippen LogP contribution >= 0.6 is 0 Å². The maximum atomic E-state index is 13.1. The zero-order chi connectivity index (χ0) is 16.6. The molecule has 3 rings (SSSR count). The summed E-state index contributed by atoms with van der Waals surface area (Å²) in [6.07, 6.45) is 0.754. The number of rotatable bonds is 3. The van der Waals surface area contributed by atoms with E-state index in [0.29, 0.717) is 23.7 Å². The Morgan fingerprint density at radius 1 is 1.04 bits per heavy atom. The lowest BCUT2D eigenvalue weighted by Gasteiger charge is -2.29. The molecule has 0 unspecified atom stereocenters. The van der Waals surface area contributed by atoms with Gasteiger partial charge in [-0.1, -0.05) is 24.3 Å². The van der Waals surface area contributed by atoms with Crippen molar-refractivity contribution in [2.45, 2.75) is 31.7 Å². The molecular weight excluding hydrogens is 310 g/mol. The van der Waals surface area contributed by atoms with Crippen LogP contribution in [0.15, 0.2) is 41.3 Å². The molecule has 0 atom stereocenters. The second-order valence-electron chi connectivity index (χ2n) is 5.95. The van der Waals surface area contributed by atoms with Crippen molar-refractivity contribution in [3.63, 3.8) is 0 Å². The van der Waals surface area contributed by atoms with E-state index in [0.717, 1.165) is 23.1 Å². The number of fused-ring (bicyclic) bond motifs is 1. The van der Waals surface area contributed by atoms with Crippen LogP contribution in [-0.4, -0.2) is 26.4 Å². The summed E-state index contributed by atoms with van der Waals surface area (Å²) in [6, 6.07) is 11.6. The minimum atomic E-state index is -3.51. The number of aryl methyl sites for hydroxylation is 2. The quantitative estimate of drug-likeness (QED) is 0.868. The second kappa shape index (κ2) is 5.98. The largest absolute Gasteiger partial charge is 0.497 e. The van der Waals surface area contributed by atoms with E-state index in [1.165, 1.54) is 5.56 Å². The monoisotopic (exact) mass is 331 g/mol. The van der Waals surface area contributed by atoms with Crippen LogP contribution in [0.1, 0.15) is 22.3 Å². The van der Waals surface area contributed by atoms with Gasteiger partial charge in [0.15, 0.2) is 0 Å². The number of methoxy groups -OCH3 is 1. The van der Waals surface area contributed by atoms with Gasteiger partial charge in [-0.2, -0.15) is 4.31 Å². The Labute approximate surface area is 137 Å². The molecule has 0 fully saturated rings. The lowest BCUT2D eigenvalue weighted by molar-refractivity contribution is 0.390. The number of hydrogen-bond donors (Lipinski definition) is 0. The molecule has 1 heterocycles. The highest BCUT2D eigenvalue weighted by Crippen LogP contribution is 2.31. The van der Waals surface area contributed by atoms with Crippen LogP contribution in [0.4, 0.5) is 0 Å². The molecule has 2 aromatic rings. The van der Waals surface area contributed by atoms with Gasteiger partial charge in [0.05, 0.1) is 12.0 Å². The third-order valence-corrected chi connectivity index (χ3v) is 6.51. The number of ether oxygens (including phenoxy) is 1. The van der Waals surface area contributed by atoms with E-state index < -0.39 is 10.0 Å². The highest BCUT2D eigenvalue weighted by atomic mass is 32.2. The molecular formula is C18H21NO3S. The predicted octanol–water partition coefficient (Wildman–Crippen LogP) is 3.06. The lowest BCUT2D eigenvalue weighted by Crippen LogP contribution is -2.36. The molecule has 1 aliphatic heterocycles. The molecule has 2 aromatic carbocycles. The van der Waals surface area contributed by atoms with Crippen LogP contribution in [0.3, 0.4) is 0 Å². The molecule has 0 aliphatic carbocycles. The first kappa shape index (κ1) is 16.0. The van der Waals surface area contributed by atoms with E-state index in [4.69, 9.17) is 4.74 Å². The van der Waals surface area contributed by atoms with Crippen molar-refractivity contribution in [3.05, 3.63) is 58.7 Å². The zero-order valence-corrected chi connectivity index (χ0v) is 14.5. The van der Waals surface area contributed by atoms with Crippen LogP contribution < -0.4 is 4.74 Å². The summed E-state index contributed by atoms with van der Waals surface area (Å²) in [6.45, 7) is 4.59. The molecule has 5 heteroatoms. The van der Waals surface area contributed by atoms with Crippen molar-refractivity contribution in [1.29, 1.82) is 0 Å². The molecule has 0 radical (unpaired) electrons. The highest BCUT2D eigenvalue weighted by Gasteiger charge is 2.30. The summed E-state index contributed by atoms with van der Waals surface area (Å²) in [5.41, 5.74) is 3.77. The van der Waals surface area contributed by atoms with Crippen molar-refractivity contribution >= 4 is 10.0 Å². The van der Waals surface area contributed by atoms with Gasteiger partial charge in [-0.25, -0.2) is 8.42 Å². The van der Waals surface area contributed by atoms with Gasteiger partial charge in [0.1, 0.15) is 5.75 Å². The molecule has 122 valence electrons. The van der Waals surface area contributed by atoms with E-state index in [9.17, 15) is 8.42 Å². The maximum Gasteiger partial charge on any atom is 0.243 e. The van der Waals surface area contributed by atoms with E-state index in [2.05, 4.69) is 6.07 Å². The van der Waals surface area contributed by atoms with Crippen LogP contribution in [0.2, 0.25) is 0 Å². The Bertz CT molecular complexity index is 820. The van der Waals surface area contributed by atoms with Crippen LogP contribution in [-0.2, 0) is 23.0 Å². The number of nitrogens with zero attached hydrogens (tertiary/aromatic N) is 1. The van der Waals surface area contributed by atoms with Crippen molar-refractivity contribution < 1.29 is 13.2 Å². The minimum Gasteiger partial charge on any atom is -0.497 e. The fourth-order valence-corrected chi connectivity index (χ4v) is 5.07. The Hall–Kier alpha value is -1.85. The van der Waals surface area contributed by atoms with Crippen molar-refractivity contribution in [2.24, 2.45) is 0 Å². The van der Waals surface area contributed by atoms with Gasteiger partial charge in [-0.05, 0) is 54.7 Å². The van der Waals surface area contributed by atoms with Gasteiger partial charge < -0.3 is 4.74 Å². The van der Waals surface area contributed by atoms with Gasteiger partial charge in [-0.15, -0.1) is 0 Å². The van der Waals surface area contributed by atoms with E-state index >= 15 is 0 Å². The van der Waals surface area contributed by atoms with E-state index in [1.807, 2.05) is 32.0 Å². The number of hydrogen-bond acceptors (Lipinski definition) is 3. The minimum absolute atomic E-state index is 0.401. The maximum absolute atomic E-state index is 13.1. The van der Waals surface area contributed by atoms with Crippen molar-refractivity contribution in [3.8, 4) is 5.75 Å². The number of sulfonamides is 1. The Morgan fingerprint density at radius 3 is 2.26 bits per heavy atom.